The largest absolute Gasteiger partial charge is 0.453 e. The van der Waals surface area contributed by atoms with Gasteiger partial charge in [0.25, 0.3) is 0 Å². The van der Waals surface area contributed by atoms with Gasteiger partial charge in [-0.3, -0.25) is 4.79 Å². The predicted octanol–water partition coefficient (Wildman–Crippen LogP) is 3.43. The highest BCUT2D eigenvalue weighted by atomic mass is 32.1. The maximum Gasteiger partial charge on any atom is 0.232 e. The molecule has 3 aromatic heterocycles. The first-order valence-corrected chi connectivity index (χ1v) is 8.03. The average Bonchev–Trinajstić information content (AvgIpc) is 3.26. The highest BCUT2D eigenvalue weighted by Gasteiger charge is 2.15. The summed E-state index contributed by atoms with van der Waals surface area (Å²) in [5, 5.41) is 16.5. The monoisotopic (exact) mass is 340 g/mol. The number of carbonyl (C=O) groups is 1. The van der Waals surface area contributed by atoms with Gasteiger partial charge in [0.15, 0.2) is 5.76 Å². The maximum absolute atomic E-state index is 12.0. The number of amides is 1. The molecule has 1 aromatic carbocycles. The summed E-state index contributed by atoms with van der Waals surface area (Å²) in [6, 6.07) is 11.3. The zero-order valence-electron chi connectivity index (χ0n) is 12.6. The number of furan rings is 1. The summed E-state index contributed by atoms with van der Waals surface area (Å²) in [5.74, 6) is 0.839. The van der Waals surface area contributed by atoms with Crippen molar-refractivity contribution in [1.29, 1.82) is 0 Å². The van der Waals surface area contributed by atoms with Gasteiger partial charge >= 0.3 is 0 Å². The van der Waals surface area contributed by atoms with Crippen molar-refractivity contribution in [2.45, 2.75) is 13.3 Å². The lowest BCUT2D eigenvalue weighted by atomic mass is 10.2. The number of anilines is 1. The Morgan fingerprint density at radius 3 is 2.88 bits per heavy atom. The minimum atomic E-state index is -0.226. The zero-order valence-corrected chi connectivity index (χ0v) is 13.5. The van der Waals surface area contributed by atoms with Gasteiger partial charge in [-0.2, -0.15) is 0 Å². The van der Waals surface area contributed by atoms with Crippen molar-refractivity contribution < 1.29 is 13.7 Å². The molecule has 7 nitrogen and oxygen atoms in total. The van der Waals surface area contributed by atoms with E-state index in [1.165, 1.54) is 11.3 Å². The molecule has 0 radical (unpaired) electrons. The number of hydrogen-bond donors (Lipinski definition) is 1. The van der Waals surface area contributed by atoms with E-state index in [0.29, 0.717) is 22.3 Å². The number of nitrogens with one attached hydrogen (secondary N) is 1. The van der Waals surface area contributed by atoms with E-state index in [9.17, 15) is 4.79 Å². The van der Waals surface area contributed by atoms with Gasteiger partial charge in [0.1, 0.15) is 10.6 Å². The lowest BCUT2D eigenvalue weighted by Gasteiger charge is -1.96. The summed E-state index contributed by atoms with van der Waals surface area (Å²) < 4.78 is 11.0. The molecule has 0 aliphatic heterocycles. The normalized spacial score (nSPS) is 11.0. The van der Waals surface area contributed by atoms with Crippen molar-refractivity contribution in [2.75, 3.05) is 5.32 Å². The molecule has 24 heavy (non-hydrogen) atoms. The average molecular weight is 340 g/mol. The Bertz CT molecular complexity index is 984. The molecule has 0 saturated carbocycles. The molecule has 1 amide bonds. The van der Waals surface area contributed by atoms with Crippen molar-refractivity contribution in [1.82, 2.24) is 15.4 Å². The van der Waals surface area contributed by atoms with Gasteiger partial charge in [-0.25, -0.2) is 0 Å². The fraction of sp³-hybridized carbons (Fsp3) is 0.125. The van der Waals surface area contributed by atoms with E-state index in [2.05, 4.69) is 20.7 Å². The molecule has 4 rings (SSSR count). The van der Waals surface area contributed by atoms with Crippen LogP contribution in [-0.2, 0) is 11.2 Å². The number of fused-ring (bicyclic) bond motifs is 1. The molecule has 4 aromatic rings. The quantitative estimate of drug-likeness (QED) is 0.611. The molecule has 120 valence electrons. The second-order valence-corrected chi connectivity index (χ2v) is 6.36. The minimum Gasteiger partial charge on any atom is -0.453 e. The lowest BCUT2D eigenvalue weighted by molar-refractivity contribution is -0.115. The van der Waals surface area contributed by atoms with Crippen LogP contribution in [0, 0.1) is 6.92 Å². The van der Waals surface area contributed by atoms with E-state index in [0.717, 1.165) is 16.0 Å². The Morgan fingerprint density at radius 1 is 1.21 bits per heavy atom. The number of benzene rings is 1. The van der Waals surface area contributed by atoms with Gasteiger partial charge in [-0.15, -0.1) is 10.2 Å². The SMILES string of the molecule is Cc1nnc(NC(=O)Cc2cc(-c3cc4ccccc4o3)on2)s1. The van der Waals surface area contributed by atoms with Crippen LogP contribution in [0.2, 0.25) is 0 Å². The van der Waals surface area contributed by atoms with E-state index in [4.69, 9.17) is 8.94 Å². The Morgan fingerprint density at radius 2 is 2.08 bits per heavy atom. The van der Waals surface area contributed by atoms with Gasteiger partial charge in [-0.1, -0.05) is 34.7 Å². The van der Waals surface area contributed by atoms with Crippen molar-refractivity contribution in [3.8, 4) is 11.5 Å². The molecule has 3 heterocycles. The van der Waals surface area contributed by atoms with Gasteiger partial charge < -0.3 is 14.3 Å². The third kappa shape index (κ3) is 2.91. The molecular weight excluding hydrogens is 328 g/mol. The zero-order chi connectivity index (χ0) is 16.5. The second-order valence-electron chi connectivity index (χ2n) is 5.18. The maximum atomic E-state index is 12.0. The number of hydrogen-bond acceptors (Lipinski definition) is 7. The summed E-state index contributed by atoms with van der Waals surface area (Å²) in [6.45, 7) is 1.82. The summed E-state index contributed by atoms with van der Waals surface area (Å²) >= 11 is 1.32. The van der Waals surface area contributed by atoms with Crippen molar-refractivity contribution >= 4 is 33.3 Å². The molecule has 0 fully saturated rings. The van der Waals surface area contributed by atoms with E-state index in [1.54, 1.807) is 6.07 Å². The van der Waals surface area contributed by atoms with E-state index >= 15 is 0 Å². The first-order chi connectivity index (χ1) is 11.7. The number of carbonyl (C=O) groups excluding carboxylic acids is 1. The number of para-hydroxylation sites is 1. The van der Waals surface area contributed by atoms with Crippen LogP contribution in [0.1, 0.15) is 10.7 Å². The number of aryl methyl sites for hydroxylation is 1. The second kappa shape index (κ2) is 5.89. The first kappa shape index (κ1) is 14.6. The predicted molar refractivity (Wildman–Crippen MR) is 88.7 cm³/mol. The molecule has 1 N–H and O–H groups in total. The molecule has 0 bridgehead atoms. The number of nitrogens with zero attached hydrogens (tertiary/aromatic N) is 3. The third-order valence-corrected chi connectivity index (χ3v) is 4.10. The van der Waals surface area contributed by atoms with Crippen molar-refractivity contribution in [3.63, 3.8) is 0 Å². The summed E-state index contributed by atoms with van der Waals surface area (Å²) in [4.78, 5) is 12.0. The van der Waals surface area contributed by atoms with Crippen LogP contribution >= 0.6 is 11.3 Å². The third-order valence-electron chi connectivity index (χ3n) is 3.34. The Kier molecular flexibility index (Phi) is 3.58. The van der Waals surface area contributed by atoms with Gasteiger partial charge in [0.2, 0.25) is 16.8 Å². The van der Waals surface area contributed by atoms with Crippen LogP contribution in [-0.4, -0.2) is 21.3 Å². The number of aromatic nitrogens is 3. The fourth-order valence-electron chi connectivity index (χ4n) is 2.29. The topological polar surface area (TPSA) is 94.1 Å². The molecule has 8 heteroatoms. The van der Waals surface area contributed by atoms with Crippen LogP contribution < -0.4 is 5.32 Å². The molecule has 0 aliphatic carbocycles. The smallest absolute Gasteiger partial charge is 0.232 e. The Hall–Kier alpha value is -3.00. The molecule has 0 spiro atoms. The summed E-state index contributed by atoms with van der Waals surface area (Å²) in [7, 11) is 0. The number of rotatable bonds is 4. The Balaban J connectivity index is 1.49. The summed E-state index contributed by atoms with van der Waals surface area (Å²) in [6.07, 6.45) is 0.0857. The first-order valence-electron chi connectivity index (χ1n) is 7.22. The standard InChI is InChI=1S/C16H12N4O3S/c1-9-18-19-16(24-9)17-15(21)8-11-7-14(23-20-11)13-6-10-4-2-3-5-12(10)22-13/h2-7H,8H2,1H3,(H,17,19,21). The highest BCUT2D eigenvalue weighted by molar-refractivity contribution is 7.15. The van der Waals surface area contributed by atoms with Crippen LogP contribution in [0.15, 0.2) is 45.3 Å². The van der Waals surface area contributed by atoms with Gasteiger partial charge in [0, 0.05) is 11.5 Å². The van der Waals surface area contributed by atoms with Crippen molar-refractivity contribution in [2.24, 2.45) is 0 Å². The fourth-order valence-corrected chi connectivity index (χ4v) is 2.90. The highest BCUT2D eigenvalue weighted by Crippen LogP contribution is 2.28. The summed E-state index contributed by atoms with van der Waals surface area (Å²) in [5.41, 5.74) is 1.29. The molecule has 0 unspecified atom stereocenters. The van der Waals surface area contributed by atoms with E-state index < -0.39 is 0 Å². The van der Waals surface area contributed by atoms with Crippen LogP contribution in [0.3, 0.4) is 0 Å². The van der Waals surface area contributed by atoms with Crippen LogP contribution in [0.25, 0.3) is 22.5 Å². The van der Waals surface area contributed by atoms with E-state index in [-0.39, 0.29) is 12.3 Å². The molecular formula is C16H12N4O3S. The molecule has 0 saturated heterocycles. The van der Waals surface area contributed by atoms with E-state index in [1.807, 2.05) is 37.3 Å². The van der Waals surface area contributed by atoms with Crippen LogP contribution in [0.5, 0.6) is 0 Å². The van der Waals surface area contributed by atoms with Crippen molar-refractivity contribution in [3.05, 3.63) is 47.1 Å². The van der Waals surface area contributed by atoms with Gasteiger partial charge in [0.05, 0.1) is 12.1 Å². The lowest BCUT2D eigenvalue weighted by Crippen LogP contribution is -2.14. The molecule has 0 atom stereocenters. The molecule has 0 aliphatic rings. The Labute approximate surface area is 140 Å². The van der Waals surface area contributed by atoms with Gasteiger partial charge in [-0.05, 0) is 19.1 Å². The minimum absolute atomic E-state index is 0.0857. The van der Waals surface area contributed by atoms with Crippen LogP contribution in [0.4, 0.5) is 5.13 Å².